The zero-order valence-corrected chi connectivity index (χ0v) is 18.3. The van der Waals surface area contributed by atoms with Gasteiger partial charge in [-0.05, 0) is 75.6 Å². The Labute approximate surface area is 180 Å². The van der Waals surface area contributed by atoms with Gasteiger partial charge in [0.2, 0.25) is 5.91 Å². The number of aryl methyl sites for hydroxylation is 2. The summed E-state index contributed by atoms with van der Waals surface area (Å²) >= 11 is 6.12. The van der Waals surface area contributed by atoms with Gasteiger partial charge in [-0.3, -0.25) is 25.2 Å². The number of amides is 2. The summed E-state index contributed by atoms with van der Waals surface area (Å²) in [5, 5.41) is 10.3. The molecule has 3 rings (SSSR count). The van der Waals surface area contributed by atoms with Gasteiger partial charge in [0, 0.05) is 5.02 Å². The number of hydrazine groups is 1. The van der Waals surface area contributed by atoms with Crippen molar-refractivity contribution in [3.05, 3.63) is 39.4 Å². The number of fused-ring (bicyclic) bond motifs is 2. The van der Waals surface area contributed by atoms with Crippen molar-refractivity contribution >= 4 is 29.4 Å². The first-order chi connectivity index (χ1) is 14.1. The van der Waals surface area contributed by atoms with E-state index in [2.05, 4.69) is 10.9 Å². The van der Waals surface area contributed by atoms with E-state index in [0.29, 0.717) is 10.8 Å². The third-order valence-corrected chi connectivity index (χ3v) is 6.71. The molecule has 0 saturated heterocycles. The molecular weight excluding hydrogens is 408 g/mol. The molecule has 2 fully saturated rings. The third kappa shape index (κ3) is 4.17. The maximum atomic E-state index is 12.8. The standard InChI is InChI=1S/C22H27ClN2O5/c1-10(2)17-14-5-6-15(17)19(22(28)29)18(14)21(27)25-24-16(26)9-30-13-7-11(3)20(23)12(4)8-13/h7-8,14-15,18-19H,5-6,9H2,1-4H3,(H,24,26)(H,25,27)(H,28,29)/t14-,15-,18+,19+/m1/s1. The van der Waals surface area contributed by atoms with E-state index in [1.54, 1.807) is 12.1 Å². The molecule has 0 aliphatic heterocycles. The molecule has 2 amide bonds. The quantitative estimate of drug-likeness (QED) is 0.487. The molecule has 2 aliphatic rings. The largest absolute Gasteiger partial charge is 0.484 e. The number of carboxylic acid groups (broad SMARTS) is 1. The maximum absolute atomic E-state index is 12.8. The fraction of sp³-hybridized carbons (Fsp3) is 0.500. The number of halogens is 1. The van der Waals surface area contributed by atoms with Crippen molar-refractivity contribution in [2.24, 2.45) is 23.7 Å². The van der Waals surface area contributed by atoms with Gasteiger partial charge < -0.3 is 9.84 Å². The molecule has 7 nitrogen and oxygen atoms in total. The molecule has 0 aromatic heterocycles. The predicted molar refractivity (Wildman–Crippen MR) is 112 cm³/mol. The van der Waals surface area contributed by atoms with Crippen molar-refractivity contribution in [2.75, 3.05) is 6.61 Å². The van der Waals surface area contributed by atoms with Crippen LogP contribution in [-0.2, 0) is 14.4 Å². The second kappa shape index (κ2) is 8.68. The highest BCUT2D eigenvalue weighted by atomic mass is 35.5. The molecule has 2 bridgehead atoms. The third-order valence-electron chi connectivity index (χ3n) is 6.11. The molecule has 8 heteroatoms. The number of carbonyl (C=O) groups is 3. The van der Waals surface area contributed by atoms with Crippen LogP contribution in [0.3, 0.4) is 0 Å². The topological polar surface area (TPSA) is 105 Å². The Hall–Kier alpha value is -2.54. The van der Waals surface area contributed by atoms with Gasteiger partial charge in [0.05, 0.1) is 11.8 Å². The second-order valence-corrected chi connectivity index (χ2v) is 8.71. The summed E-state index contributed by atoms with van der Waals surface area (Å²) in [6.07, 6.45) is 1.57. The molecule has 2 saturated carbocycles. The maximum Gasteiger partial charge on any atom is 0.307 e. The molecule has 2 aliphatic carbocycles. The van der Waals surface area contributed by atoms with Gasteiger partial charge in [-0.25, -0.2) is 0 Å². The van der Waals surface area contributed by atoms with Gasteiger partial charge in [0.1, 0.15) is 5.75 Å². The van der Waals surface area contributed by atoms with Gasteiger partial charge in [0.15, 0.2) is 6.61 Å². The molecular formula is C22H27ClN2O5. The Kier molecular flexibility index (Phi) is 6.41. The van der Waals surface area contributed by atoms with Gasteiger partial charge in [0.25, 0.3) is 5.91 Å². The van der Waals surface area contributed by atoms with E-state index in [4.69, 9.17) is 16.3 Å². The molecule has 30 heavy (non-hydrogen) atoms. The molecule has 0 unspecified atom stereocenters. The lowest BCUT2D eigenvalue weighted by Gasteiger charge is -2.26. The number of rotatable bonds is 5. The highest BCUT2D eigenvalue weighted by molar-refractivity contribution is 6.32. The Balaban J connectivity index is 1.59. The van der Waals surface area contributed by atoms with Crippen molar-refractivity contribution < 1.29 is 24.2 Å². The van der Waals surface area contributed by atoms with E-state index >= 15 is 0 Å². The number of carbonyl (C=O) groups excluding carboxylic acids is 2. The number of benzene rings is 1. The minimum atomic E-state index is -0.968. The average molecular weight is 435 g/mol. The second-order valence-electron chi connectivity index (χ2n) is 8.33. The van der Waals surface area contributed by atoms with E-state index in [0.717, 1.165) is 35.1 Å². The summed E-state index contributed by atoms with van der Waals surface area (Å²) in [7, 11) is 0. The minimum absolute atomic E-state index is 0.0886. The summed E-state index contributed by atoms with van der Waals surface area (Å²) in [5.41, 5.74) is 8.58. The fourth-order valence-corrected chi connectivity index (χ4v) is 5.10. The molecule has 0 radical (unpaired) electrons. The Bertz CT molecular complexity index is 899. The van der Waals surface area contributed by atoms with Crippen molar-refractivity contribution in [2.45, 2.75) is 40.5 Å². The number of ether oxygens (including phenoxy) is 1. The fourth-order valence-electron chi connectivity index (χ4n) is 4.99. The predicted octanol–water partition coefficient (Wildman–Crippen LogP) is 3.18. The normalized spacial score (nSPS) is 24.5. The van der Waals surface area contributed by atoms with Crippen LogP contribution in [0, 0.1) is 37.5 Å². The number of carboxylic acids is 1. The monoisotopic (exact) mass is 434 g/mol. The number of allylic oxidation sites excluding steroid dienone is 2. The van der Waals surface area contributed by atoms with Crippen LogP contribution in [0.5, 0.6) is 5.75 Å². The van der Waals surface area contributed by atoms with Crippen LogP contribution in [0.4, 0.5) is 0 Å². The van der Waals surface area contributed by atoms with Gasteiger partial charge in [-0.2, -0.15) is 0 Å². The molecule has 3 N–H and O–H groups in total. The zero-order chi connectivity index (χ0) is 22.2. The number of nitrogens with one attached hydrogen (secondary N) is 2. The zero-order valence-electron chi connectivity index (χ0n) is 17.5. The summed E-state index contributed by atoms with van der Waals surface area (Å²) in [6, 6.07) is 3.46. The number of hydrogen-bond donors (Lipinski definition) is 3. The van der Waals surface area contributed by atoms with Crippen LogP contribution in [0.15, 0.2) is 23.3 Å². The minimum Gasteiger partial charge on any atom is -0.484 e. The van der Waals surface area contributed by atoms with Crippen LogP contribution < -0.4 is 15.6 Å². The first kappa shape index (κ1) is 22.2. The van der Waals surface area contributed by atoms with E-state index in [-0.39, 0.29) is 18.4 Å². The molecule has 162 valence electrons. The van der Waals surface area contributed by atoms with Crippen molar-refractivity contribution in [1.82, 2.24) is 10.9 Å². The lowest BCUT2D eigenvalue weighted by molar-refractivity contribution is -0.150. The Morgan fingerprint density at radius 2 is 1.63 bits per heavy atom. The van der Waals surface area contributed by atoms with Crippen LogP contribution in [0.25, 0.3) is 0 Å². The van der Waals surface area contributed by atoms with E-state index in [1.165, 1.54) is 0 Å². The van der Waals surface area contributed by atoms with Gasteiger partial charge in [-0.1, -0.05) is 22.7 Å². The Morgan fingerprint density at radius 1 is 1.07 bits per heavy atom. The van der Waals surface area contributed by atoms with E-state index in [9.17, 15) is 19.5 Å². The first-order valence-corrected chi connectivity index (χ1v) is 10.4. The van der Waals surface area contributed by atoms with Gasteiger partial charge >= 0.3 is 5.97 Å². The van der Waals surface area contributed by atoms with Crippen molar-refractivity contribution in [3.8, 4) is 5.75 Å². The molecule has 0 heterocycles. The number of aliphatic carboxylic acids is 1. The van der Waals surface area contributed by atoms with Crippen LogP contribution in [0.2, 0.25) is 5.02 Å². The highest BCUT2D eigenvalue weighted by Gasteiger charge is 2.57. The van der Waals surface area contributed by atoms with E-state index < -0.39 is 29.6 Å². The SMILES string of the molecule is CC(C)=C1[C@H]2CC[C@H]1[C@H](C(=O)NNC(=O)COc1cc(C)c(Cl)c(C)c1)[C@H]2C(=O)O. The average Bonchev–Trinajstić information content (AvgIpc) is 3.25. The highest BCUT2D eigenvalue weighted by Crippen LogP contribution is 2.57. The van der Waals surface area contributed by atoms with Crippen LogP contribution in [0.1, 0.15) is 37.8 Å². The summed E-state index contributed by atoms with van der Waals surface area (Å²) in [6.45, 7) is 7.31. The number of hydrogen-bond acceptors (Lipinski definition) is 4. The van der Waals surface area contributed by atoms with Crippen LogP contribution in [-0.4, -0.2) is 29.5 Å². The summed E-state index contributed by atoms with van der Waals surface area (Å²) < 4.78 is 5.48. The smallest absolute Gasteiger partial charge is 0.307 e. The van der Waals surface area contributed by atoms with Crippen molar-refractivity contribution in [1.29, 1.82) is 0 Å². The Morgan fingerprint density at radius 3 is 2.17 bits per heavy atom. The van der Waals surface area contributed by atoms with Crippen molar-refractivity contribution in [3.63, 3.8) is 0 Å². The molecule has 1 aromatic carbocycles. The lowest BCUT2D eigenvalue weighted by Crippen LogP contribution is -2.49. The van der Waals surface area contributed by atoms with E-state index in [1.807, 2.05) is 27.7 Å². The lowest BCUT2D eigenvalue weighted by atomic mass is 9.79. The summed E-state index contributed by atoms with van der Waals surface area (Å²) in [5.74, 6) is -3.12. The van der Waals surface area contributed by atoms with Crippen LogP contribution >= 0.6 is 11.6 Å². The first-order valence-electron chi connectivity index (χ1n) is 10.00. The van der Waals surface area contributed by atoms with Gasteiger partial charge in [-0.15, -0.1) is 0 Å². The molecule has 0 spiro atoms. The molecule has 1 aromatic rings. The summed E-state index contributed by atoms with van der Waals surface area (Å²) in [4.78, 5) is 36.7. The molecule has 4 atom stereocenters.